The molecule has 2 aromatic heterocycles. The number of halogens is 1. The molecule has 4 rings (SSSR count). The van der Waals surface area contributed by atoms with Gasteiger partial charge in [0.15, 0.2) is 0 Å². The average Bonchev–Trinajstić information content (AvgIpc) is 3.30. The summed E-state index contributed by atoms with van der Waals surface area (Å²) in [6, 6.07) is 4.82. The molecule has 1 amide bonds. The summed E-state index contributed by atoms with van der Waals surface area (Å²) in [6.07, 6.45) is 4.97. The molecule has 1 saturated heterocycles. The first-order valence-corrected chi connectivity index (χ1v) is 9.71. The lowest BCUT2D eigenvalue weighted by Crippen LogP contribution is -2.48. The molecule has 1 aliphatic rings. The number of H-pyrrole nitrogens is 1. The van der Waals surface area contributed by atoms with Crippen molar-refractivity contribution in [3.05, 3.63) is 52.4 Å². The molecule has 1 N–H and O–H groups in total. The number of hydrogen-bond acceptors (Lipinski definition) is 4. The zero-order valence-electron chi connectivity index (χ0n) is 14.4. The third-order valence-corrected chi connectivity index (χ3v) is 5.72. The van der Waals surface area contributed by atoms with Crippen LogP contribution in [0.15, 0.2) is 36.0 Å². The fourth-order valence-corrected chi connectivity index (χ4v) is 4.05. The Kier molecular flexibility index (Phi) is 4.99. The minimum atomic E-state index is -0.214. The summed E-state index contributed by atoms with van der Waals surface area (Å²) >= 11 is 1.60. The van der Waals surface area contributed by atoms with Crippen LogP contribution in [0.5, 0.6) is 0 Å². The Labute approximate surface area is 155 Å². The molecule has 7 heteroatoms. The number of aryl methyl sites for hydroxylation is 1. The normalized spacial score (nSPS) is 15.7. The highest BCUT2D eigenvalue weighted by Crippen LogP contribution is 2.21. The van der Waals surface area contributed by atoms with E-state index < -0.39 is 0 Å². The van der Waals surface area contributed by atoms with Crippen LogP contribution in [0.25, 0.3) is 10.9 Å². The van der Waals surface area contributed by atoms with E-state index in [1.165, 1.54) is 6.07 Å². The van der Waals surface area contributed by atoms with Crippen LogP contribution >= 0.6 is 11.3 Å². The molecule has 0 unspecified atom stereocenters. The van der Waals surface area contributed by atoms with Gasteiger partial charge in [-0.3, -0.25) is 9.69 Å². The number of fused-ring (bicyclic) bond motifs is 1. The zero-order chi connectivity index (χ0) is 17.9. The van der Waals surface area contributed by atoms with Crippen LogP contribution in [0.2, 0.25) is 0 Å². The third-order valence-electron chi connectivity index (χ3n) is 4.88. The van der Waals surface area contributed by atoms with E-state index in [0.717, 1.165) is 60.6 Å². The molecule has 1 fully saturated rings. The summed E-state index contributed by atoms with van der Waals surface area (Å²) in [5.41, 5.74) is 2.06. The van der Waals surface area contributed by atoms with Crippen LogP contribution < -0.4 is 0 Å². The number of benzene rings is 1. The first-order chi connectivity index (χ1) is 12.7. The zero-order valence-corrected chi connectivity index (χ0v) is 15.3. The maximum atomic E-state index is 13.5. The van der Waals surface area contributed by atoms with Gasteiger partial charge in [-0.05, 0) is 23.8 Å². The number of carbonyl (C=O) groups excluding carboxylic acids is 1. The minimum absolute atomic E-state index is 0.203. The smallest absolute Gasteiger partial charge is 0.223 e. The summed E-state index contributed by atoms with van der Waals surface area (Å²) in [6.45, 7) is 3.93. The van der Waals surface area contributed by atoms with Gasteiger partial charge in [0.25, 0.3) is 0 Å². The minimum Gasteiger partial charge on any atom is -0.361 e. The first kappa shape index (κ1) is 17.2. The van der Waals surface area contributed by atoms with Gasteiger partial charge in [0.1, 0.15) is 5.82 Å². The number of hydrogen-bond donors (Lipinski definition) is 1. The topological polar surface area (TPSA) is 52.2 Å². The van der Waals surface area contributed by atoms with Crippen molar-refractivity contribution >= 4 is 28.1 Å². The number of amides is 1. The number of thiazole rings is 1. The third kappa shape index (κ3) is 3.78. The Morgan fingerprint density at radius 3 is 2.88 bits per heavy atom. The molecule has 1 aromatic carbocycles. The number of nitrogens with zero attached hydrogens (tertiary/aromatic N) is 3. The van der Waals surface area contributed by atoms with E-state index in [2.05, 4.69) is 14.9 Å². The monoisotopic (exact) mass is 372 g/mol. The fraction of sp³-hybridized carbons (Fsp3) is 0.368. The second kappa shape index (κ2) is 7.55. The van der Waals surface area contributed by atoms with E-state index in [9.17, 15) is 9.18 Å². The van der Waals surface area contributed by atoms with E-state index in [4.69, 9.17) is 0 Å². The standard InChI is InChI=1S/C19H21FN4OS/c20-15-1-2-17-16(11-15)14(12-22-17)13-23-6-8-24(9-7-23)19(25)4-3-18-21-5-10-26-18/h1-2,5,10-12,22H,3-4,6-9,13H2. The van der Waals surface area contributed by atoms with Crippen molar-refractivity contribution in [2.75, 3.05) is 26.2 Å². The van der Waals surface area contributed by atoms with Crippen molar-refractivity contribution in [1.82, 2.24) is 19.8 Å². The highest BCUT2D eigenvalue weighted by molar-refractivity contribution is 7.09. The molecule has 0 spiro atoms. The quantitative estimate of drug-likeness (QED) is 0.749. The Morgan fingerprint density at radius 1 is 1.27 bits per heavy atom. The molecule has 0 aliphatic carbocycles. The maximum Gasteiger partial charge on any atom is 0.223 e. The molecule has 0 atom stereocenters. The van der Waals surface area contributed by atoms with E-state index >= 15 is 0 Å². The number of aromatic amines is 1. The lowest BCUT2D eigenvalue weighted by molar-refractivity contribution is -0.133. The van der Waals surface area contributed by atoms with Crippen molar-refractivity contribution in [2.45, 2.75) is 19.4 Å². The van der Waals surface area contributed by atoms with Gasteiger partial charge in [-0.15, -0.1) is 11.3 Å². The van der Waals surface area contributed by atoms with Crippen molar-refractivity contribution < 1.29 is 9.18 Å². The predicted molar refractivity (Wildman–Crippen MR) is 101 cm³/mol. The van der Waals surface area contributed by atoms with Crippen LogP contribution in [0, 0.1) is 5.82 Å². The molecular formula is C19H21FN4OS. The second-order valence-corrected chi connectivity index (χ2v) is 7.57. The summed E-state index contributed by atoms with van der Waals surface area (Å²) in [4.78, 5) is 24.1. The number of aromatic nitrogens is 2. The molecule has 3 aromatic rings. The van der Waals surface area contributed by atoms with Crippen LogP contribution in [0.1, 0.15) is 17.0 Å². The summed E-state index contributed by atoms with van der Waals surface area (Å²) in [7, 11) is 0. The Balaban J connectivity index is 1.30. The first-order valence-electron chi connectivity index (χ1n) is 8.83. The molecule has 0 radical (unpaired) electrons. The van der Waals surface area contributed by atoms with Gasteiger partial charge >= 0.3 is 0 Å². The van der Waals surface area contributed by atoms with Crippen LogP contribution in [-0.4, -0.2) is 51.9 Å². The van der Waals surface area contributed by atoms with E-state index in [1.807, 2.05) is 16.5 Å². The molecule has 0 bridgehead atoms. The van der Waals surface area contributed by atoms with Gasteiger partial charge in [-0.1, -0.05) is 0 Å². The number of carbonyl (C=O) groups is 1. The van der Waals surface area contributed by atoms with E-state index in [0.29, 0.717) is 6.42 Å². The second-order valence-electron chi connectivity index (χ2n) is 6.59. The van der Waals surface area contributed by atoms with Crippen molar-refractivity contribution in [2.24, 2.45) is 0 Å². The van der Waals surface area contributed by atoms with E-state index in [-0.39, 0.29) is 11.7 Å². The van der Waals surface area contributed by atoms with Gasteiger partial charge in [-0.25, -0.2) is 9.37 Å². The molecule has 3 heterocycles. The predicted octanol–water partition coefficient (Wildman–Crippen LogP) is 3.04. The molecule has 5 nitrogen and oxygen atoms in total. The highest BCUT2D eigenvalue weighted by atomic mass is 32.1. The largest absolute Gasteiger partial charge is 0.361 e. The number of nitrogens with one attached hydrogen (secondary N) is 1. The average molecular weight is 372 g/mol. The number of piperazine rings is 1. The lowest BCUT2D eigenvalue weighted by atomic mass is 10.1. The Morgan fingerprint density at radius 2 is 2.12 bits per heavy atom. The van der Waals surface area contributed by atoms with Gasteiger partial charge in [0.05, 0.1) is 5.01 Å². The molecular weight excluding hydrogens is 351 g/mol. The van der Waals surface area contributed by atoms with E-state index in [1.54, 1.807) is 29.7 Å². The molecule has 1 aliphatic heterocycles. The van der Waals surface area contributed by atoms with Gasteiger partial charge in [0.2, 0.25) is 5.91 Å². The summed E-state index contributed by atoms with van der Waals surface area (Å²) < 4.78 is 13.5. The highest BCUT2D eigenvalue weighted by Gasteiger charge is 2.21. The SMILES string of the molecule is O=C(CCc1nccs1)N1CCN(Cc2c[nH]c3ccc(F)cc23)CC1. The van der Waals surface area contributed by atoms with Crippen molar-refractivity contribution in [3.63, 3.8) is 0 Å². The van der Waals surface area contributed by atoms with Crippen LogP contribution in [-0.2, 0) is 17.8 Å². The van der Waals surface area contributed by atoms with Gasteiger partial charge in [0, 0.05) is 74.2 Å². The van der Waals surface area contributed by atoms with Crippen LogP contribution in [0.3, 0.4) is 0 Å². The fourth-order valence-electron chi connectivity index (χ4n) is 3.43. The van der Waals surface area contributed by atoms with Gasteiger partial charge in [-0.2, -0.15) is 0 Å². The Hall–Kier alpha value is -2.25. The number of rotatable bonds is 5. The molecule has 0 saturated carbocycles. The van der Waals surface area contributed by atoms with Crippen molar-refractivity contribution in [1.29, 1.82) is 0 Å². The van der Waals surface area contributed by atoms with Gasteiger partial charge < -0.3 is 9.88 Å². The van der Waals surface area contributed by atoms with Crippen LogP contribution in [0.4, 0.5) is 4.39 Å². The lowest BCUT2D eigenvalue weighted by Gasteiger charge is -2.34. The maximum absolute atomic E-state index is 13.5. The summed E-state index contributed by atoms with van der Waals surface area (Å²) in [5, 5.41) is 3.89. The molecule has 136 valence electrons. The summed E-state index contributed by atoms with van der Waals surface area (Å²) in [5.74, 6) is -0.0111. The van der Waals surface area contributed by atoms with Crippen molar-refractivity contribution in [3.8, 4) is 0 Å². The molecule has 26 heavy (non-hydrogen) atoms. The Bertz CT molecular complexity index is 884.